The molecule has 59 heavy (non-hydrogen) atoms. The molecule has 2 fully saturated rings. The van der Waals surface area contributed by atoms with Crippen LogP contribution in [0.4, 0.5) is 28.8 Å². The van der Waals surface area contributed by atoms with Gasteiger partial charge in [-0.15, -0.1) is 0 Å². The molecule has 0 radical (unpaired) electrons. The third-order valence-electron chi connectivity index (χ3n) is 11.9. The first-order chi connectivity index (χ1) is 28.5. The van der Waals surface area contributed by atoms with E-state index in [1.807, 2.05) is 25.2 Å². The SMILES string of the molecule is Cc1cccc(C)c1Nc1nn(C)c2nc(Nc3ccc4c(c3)CN(CC(=O)NC3CCN(c5ccc6c(c5)C(=O)N(C5CCC(=O)NC5=O)C6=O)CC3)CC4)ncc12. The second-order valence-electron chi connectivity index (χ2n) is 15.9. The zero-order chi connectivity index (χ0) is 40.9. The van der Waals surface area contributed by atoms with E-state index in [1.54, 1.807) is 23.0 Å². The molecule has 2 aromatic heterocycles. The number of fused-ring (bicyclic) bond motifs is 3. The van der Waals surface area contributed by atoms with Gasteiger partial charge >= 0.3 is 0 Å². The second kappa shape index (κ2) is 15.2. The van der Waals surface area contributed by atoms with Gasteiger partial charge in [0.1, 0.15) is 6.04 Å². The molecule has 4 aliphatic heterocycles. The summed E-state index contributed by atoms with van der Waals surface area (Å²) in [5, 5.41) is 17.8. The van der Waals surface area contributed by atoms with E-state index in [2.05, 4.69) is 79.3 Å². The van der Waals surface area contributed by atoms with Crippen molar-refractivity contribution >= 4 is 69.4 Å². The van der Waals surface area contributed by atoms with Gasteiger partial charge in [0, 0.05) is 68.9 Å². The van der Waals surface area contributed by atoms with Crippen molar-refractivity contribution in [1.82, 2.24) is 40.2 Å². The van der Waals surface area contributed by atoms with Crippen molar-refractivity contribution in [3.63, 3.8) is 0 Å². The lowest BCUT2D eigenvalue weighted by molar-refractivity contribution is -0.136. The number of para-hydroxylation sites is 1. The molecule has 6 heterocycles. The summed E-state index contributed by atoms with van der Waals surface area (Å²) in [6.07, 6.45) is 4.27. The van der Waals surface area contributed by atoms with Gasteiger partial charge in [-0.2, -0.15) is 10.1 Å². The smallest absolute Gasteiger partial charge is 0.262 e. The molecule has 16 nitrogen and oxygen atoms in total. The van der Waals surface area contributed by atoms with Crippen LogP contribution in [0.25, 0.3) is 11.0 Å². The molecule has 4 N–H and O–H groups in total. The van der Waals surface area contributed by atoms with Crippen LogP contribution in [-0.4, -0.2) is 97.3 Å². The van der Waals surface area contributed by atoms with Gasteiger partial charge < -0.3 is 20.9 Å². The molecule has 16 heteroatoms. The van der Waals surface area contributed by atoms with E-state index in [-0.39, 0.29) is 35.9 Å². The highest BCUT2D eigenvalue weighted by molar-refractivity contribution is 6.23. The van der Waals surface area contributed by atoms with Crippen LogP contribution >= 0.6 is 0 Å². The van der Waals surface area contributed by atoms with Crippen LogP contribution in [0.15, 0.2) is 60.8 Å². The number of aromatic nitrogens is 4. The third kappa shape index (κ3) is 7.35. The second-order valence-corrected chi connectivity index (χ2v) is 15.9. The molecule has 0 aliphatic carbocycles. The summed E-state index contributed by atoms with van der Waals surface area (Å²) in [5.74, 6) is -0.930. The molecule has 9 rings (SSSR count). The van der Waals surface area contributed by atoms with Gasteiger partial charge in [0.05, 0.1) is 23.1 Å². The number of anilines is 5. The minimum absolute atomic E-state index is 0.0133. The van der Waals surface area contributed by atoms with E-state index < -0.39 is 29.7 Å². The van der Waals surface area contributed by atoms with E-state index in [9.17, 15) is 24.0 Å². The number of nitrogens with one attached hydrogen (secondary N) is 4. The molecular weight excluding hydrogens is 751 g/mol. The van der Waals surface area contributed by atoms with Crippen molar-refractivity contribution in [2.24, 2.45) is 7.05 Å². The quantitative estimate of drug-likeness (QED) is 0.157. The van der Waals surface area contributed by atoms with Gasteiger partial charge in [0.25, 0.3) is 11.8 Å². The number of imide groups is 2. The Morgan fingerprint density at radius 1 is 0.864 bits per heavy atom. The summed E-state index contributed by atoms with van der Waals surface area (Å²) in [5.41, 5.74) is 8.58. The third-order valence-corrected chi connectivity index (χ3v) is 11.9. The summed E-state index contributed by atoms with van der Waals surface area (Å²) in [4.78, 5) is 78.5. The van der Waals surface area contributed by atoms with Gasteiger partial charge in [0.2, 0.25) is 23.7 Å². The van der Waals surface area contributed by atoms with E-state index in [1.165, 1.54) is 5.56 Å². The zero-order valence-electron chi connectivity index (χ0n) is 33.2. The number of benzene rings is 3. The van der Waals surface area contributed by atoms with Crippen LogP contribution in [0.5, 0.6) is 0 Å². The molecule has 302 valence electrons. The first-order valence-corrected chi connectivity index (χ1v) is 20.0. The average molecular weight is 796 g/mol. The minimum atomic E-state index is -1.00. The van der Waals surface area contributed by atoms with E-state index >= 15 is 0 Å². The maximum Gasteiger partial charge on any atom is 0.262 e. The van der Waals surface area contributed by atoms with Crippen LogP contribution in [0.1, 0.15) is 68.7 Å². The predicted octanol–water partition coefficient (Wildman–Crippen LogP) is 4.01. The van der Waals surface area contributed by atoms with Crippen molar-refractivity contribution in [3.8, 4) is 0 Å². The summed E-state index contributed by atoms with van der Waals surface area (Å²) >= 11 is 0. The molecule has 0 saturated carbocycles. The summed E-state index contributed by atoms with van der Waals surface area (Å²) in [7, 11) is 1.87. The van der Waals surface area contributed by atoms with Crippen LogP contribution in [0.3, 0.4) is 0 Å². The fourth-order valence-corrected chi connectivity index (χ4v) is 8.69. The Balaban J connectivity index is 0.778. The van der Waals surface area contributed by atoms with Crippen molar-refractivity contribution in [1.29, 1.82) is 0 Å². The molecule has 0 bridgehead atoms. The first-order valence-electron chi connectivity index (χ1n) is 20.0. The normalized spacial score (nSPS) is 18.5. The molecule has 2 saturated heterocycles. The lowest BCUT2D eigenvalue weighted by Gasteiger charge is -2.35. The summed E-state index contributed by atoms with van der Waals surface area (Å²) in [6.45, 7) is 7.18. The number of hydrogen-bond donors (Lipinski definition) is 4. The summed E-state index contributed by atoms with van der Waals surface area (Å²) < 4.78 is 1.75. The number of rotatable bonds is 9. The minimum Gasteiger partial charge on any atom is -0.371 e. The topological polar surface area (TPSA) is 187 Å². The van der Waals surface area contributed by atoms with E-state index in [0.717, 1.165) is 69.8 Å². The standard InChI is InChI=1S/C43H45N11O5/c1-24-5-4-6-25(2)37(24)48-38-33-21-44-43(49-39(33)51(3)50-38)46-29-8-7-26-13-16-52(22-27(26)19-29)23-36(56)45-28-14-17-53(18-15-28)30-9-10-31-32(20-30)42(59)54(41(31)58)34-11-12-35(55)47-40(34)57/h4-10,19-21,28,34H,11-18,22-23H2,1-3H3,(H,45,56)(H,48,50)(H,44,46,49)(H,47,55,57). The van der Waals surface area contributed by atoms with Crippen molar-refractivity contribution < 1.29 is 24.0 Å². The van der Waals surface area contributed by atoms with Gasteiger partial charge in [-0.05, 0) is 92.1 Å². The molecular formula is C43H45N11O5. The highest BCUT2D eigenvalue weighted by atomic mass is 16.2. The van der Waals surface area contributed by atoms with Gasteiger partial charge in [0.15, 0.2) is 11.5 Å². The van der Waals surface area contributed by atoms with E-state index in [0.29, 0.717) is 43.6 Å². The van der Waals surface area contributed by atoms with Gasteiger partial charge in [-0.3, -0.25) is 39.1 Å². The Bertz CT molecular complexity index is 2540. The molecule has 4 aliphatic rings. The monoisotopic (exact) mass is 795 g/mol. The lowest BCUT2D eigenvalue weighted by Crippen LogP contribution is -2.54. The highest BCUT2D eigenvalue weighted by Gasteiger charge is 2.45. The number of piperidine rings is 2. The fraction of sp³-hybridized carbons (Fsp3) is 0.349. The zero-order valence-corrected chi connectivity index (χ0v) is 33.2. The number of carbonyl (C=O) groups is 5. The van der Waals surface area contributed by atoms with Crippen LogP contribution in [0.2, 0.25) is 0 Å². The van der Waals surface area contributed by atoms with Crippen LogP contribution in [-0.2, 0) is 34.4 Å². The Morgan fingerprint density at radius 3 is 2.42 bits per heavy atom. The predicted molar refractivity (Wildman–Crippen MR) is 221 cm³/mol. The van der Waals surface area contributed by atoms with Crippen molar-refractivity contribution in [2.45, 2.75) is 64.6 Å². The van der Waals surface area contributed by atoms with Crippen molar-refractivity contribution in [2.75, 3.05) is 41.7 Å². The number of aryl methyl sites for hydroxylation is 3. The summed E-state index contributed by atoms with van der Waals surface area (Å²) in [6, 6.07) is 16.6. The van der Waals surface area contributed by atoms with Gasteiger partial charge in [-0.25, -0.2) is 9.67 Å². The fourth-order valence-electron chi connectivity index (χ4n) is 8.69. The van der Waals surface area contributed by atoms with E-state index in [4.69, 9.17) is 4.98 Å². The lowest BCUT2D eigenvalue weighted by atomic mass is 9.99. The van der Waals surface area contributed by atoms with Crippen LogP contribution in [0, 0.1) is 13.8 Å². The molecule has 1 atom stereocenters. The molecule has 3 aromatic carbocycles. The number of carbonyl (C=O) groups excluding carboxylic acids is 5. The maximum atomic E-state index is 13.3. The molecule has 5 amide bonds. The Hall–Kier alpha value is -6.68. The maximum absolute atomic E-state index is 13.3. The Morgan fingerprint density at radius 2 is 1.64 bits per heavy atom. The van der Waals surface area contributed by atoms with Crippen molar-refractivity contribution in [3.05, 3.63) is 94.2 Å². The largest absolute Gasteiger partial charge is 0.371 e. The molecule has 1 unspecified atom stereocenters. The number of amides is 5. The first kappa shape index (κ1) is 37.9. The Labute approximate surface area is 340 Å². The Kier molecular flexibility index (Phi) is 9.79. The number of nitrogens with zero attached hydrogens (tertiary/aromatic N) is 7. The molecule has 0 spiro atoms. The number of hydrogen-bond acceptors (Lipinski definition) is 12. The van der Waals surface area contributed by atoms with Gasteiger partial charge in [-0.1, -0.05) is 24.3 Å². The highest BCUT2D eigenvalue weighted by Crippen LogP contribution is 2.33. The average Bonchev–Trinajstić information content (AvgIpc) is 3.66. The van der Waals surface area contributed by atoms with Crippen LogP contribution < -0.4 is 26.2 Å². The molecule has 5 aromatic rings.